The van der Waals surface area contributed by atoms with Crippen LogP contribution in [0.4, 0.5) is 0 Å². The molecule has 0 amide bonds. The first-order valence-electron chi connectivity index (χ1n) is 12.1. The summed E-state index contributed by atoms with van der Waals surface area (Å²) in [6.07, 6.45) is 6.09. The lowest BCUT2D eigenvalue weighted by atomic mass is 9.98. The van der Waals surface area contributed by atoms with Gasteiger partial charge in [0.15, 0.2) is 0 Å². The van der Waals surface area contributed by atoms with Crippen LogP contribution in [-0.4, -0.2) is 36.4 Å². The van der Waals surface area contributed by atoms with Gasteiger partial charge in [-0.05, 0) is 88.2 Å². The molecule has 1 aliphatic carbocycles. The Hall–Kier alpha value is -2.18. The Bertz CT molecular complexity index is 1060. The predicted octanol–water partition coefficient (Wildman–Crippen LogP) is 5.54. The SMILES string of the molecule is C[C@H](C1CCC(P(c2ccccc2)c2ccccc2)C1P(c1ccco1)c1ccco1)N(C)C. The fraction of sp³-hybridized carbons (Fsp3) is 0.310. The van der Waals surface area contributed by atoms with Gasteiger partial charge < -0.3 is 13.7 Å². The Morgan fingerprint density at radius 3 is 1.68 bits per heavy atom. The Labute approximate surface area is 205 Å². The molecule has 0 bridgehead atoms. The minimum absolute atomic E-state index is 0.469. The molecule has 3 nitrogen and oxygen atoms in total. The Morgan fingerprint density at radius 2 is 1.24 bits per heavy atom. The van der Waals surface area contributed by atoms with Gasteiger partial charge in [-0.2, -0.15) is 0 Å². The zero-order chi connectivity index (χ0) is 23.5. The molecule has 0 aliphatic heterocycles. The molecule has 1 saturated carbocycles. The zero-order valence-electron chi connectivity index (χ0n) is 20.1. The van der Waals surface area contributed by atoms with Gasteiger partial charge in [-0.1, -0.05) is 60.7 Å². The van der Waals surface area contributed by atoms with Gasteiger partial charge in [0.2, 0.25) is 0 Å². The largest absolute Gasteiger partial charge is 0.464 e. The molecule has 0 spiro atoms. The normalized spacial score (nSPS) is 21.5. The lowest BCUT2D eigenvalue weighted by molar-refractivity contribution is 0.232. The molecule has 0 radical (unpaired) electrons. The fourth-order valence-electron chi connectivity index (χ4n) is 5.47. The maximum absolute atomic E-state index is 6.12. The van der Waals surface area contributed by atoms with Gasteiger partial charge in [-0.3, -0.25) is 0 Å². The third-order valence-corrected chi connectivity index (χ3v) is 13.2. The van der Waals surface area contributed by atoms with Crippen LogP contribution < -0.4 is 21.6 Å². The summed E-state index contributed by atoms with van der Waals surface area (Å²) in [6.45, 7) is 2.39. The fourth-order valence-corrected chi connectivity index (χ4v) is 12.2. The highest BCUT2D eigenvalue weighted by atomic mass is 31.1. The van der Waals surface area contributed by atoms with Crippen LogP contribution in [0.2, 0.25) is 0 Å². The van der Waals surface area contributed by atoms with E-state index in [9.17, 15) is 0 Å². The predicted molar refractivity (Wildman–Crippen MR) is 146 cm³/mol. The van der Waals surface area contributed by atoms with E-state index in [4.69, 9.17) is 8.83 Å². The van der Waals surface area contributed by atoms with Crippen LogP contribution in [-0.2, 0) is 0 Å². The summed E-state index contributed by atoms with van der Waals surface area (Å²) in [5, 5.41) is 2.93. The molecule has 34 heavy (non-hydrogen) atoms. The van der Waals surface area contributed by atoms with Crippen molar-refractivity contribution in [2.75, 3.05) is 14.1 Å². The summed E-state index contributed by atoms with van der Waals surface area (Å²) in [7, 11) is 3.13. The van der Waals surface area contributed by atoms with Crippen molar-refractivity contribution in [3.05, 3.63) is 97.5 Å². The van der Waals surface area contributed by atoms with Crippen molar-refractivity contribution < 1.29 is 8.83 Å². The van der Waals surface area contributed by atoms with Crippen LogP contribution in [0.5, 0.6) is 0 Å². The Kier molecular flexibility index (Phi) is 7.35. The summed E-state index contributed by atoms with van der Waals surface area (Å²) >= 11 is 0. The minimum atomic E-state index is -0.771. The third kappa shape index (κ3) is 4.67. The molecular weight excluding hydrogens is 456 g/mol. The van der Waals surface area contributed by atoms with E-state index in [1.807, 2.05) is 24.7 Å². The van der Waals surface area contributed by atoms with Crippen LogP contribution >= 0.6 is 15.8 Å². The van der Waals surface area contributed by atoms with Crippen LogP contribution in [0.15, 0.2) is 106 Å². The molecule has 5 rings (SSSR count). The molecule has 2 aromatic carbocycles. The number of hydrogen-bond donors (Lipinski definition) is 0. The van der Waals surface area contributed by atoms with E-state index in [0.29, 0.717) is 23.3 Å². The molecule has 1 aliphatic rings. The highest BCUT2D eigenvalue weighted by molar-refractivity contribution is 7.77. The average molecular weight is 490 g/mol. The zero-order valence-corrected chi connectivity index (χ0v) is 21.9. The number of rotatable bonds is 8. The van der Waals surface area contributed by atoms with E-state index in [2.05, 4.69) is 98.7 Å². The average Bonchev–Trinajstić information content (AvgIpc) is 3.65. The first-order valence-corrected chi connectivity index (χ1v) is 14.9. The van der Waals surface area contributed by atoms with Gasteiger partial charge >= 0.3 is 0 Å². The lowest BCUT2D eigenvalue weighted by Gasteiger charge is -2.39. The van der Waals surface area contributed by atoms with Gasteiger partial charge in [-0.15, -0.1) is 0 Å². The maximum Gasteiger partial charge on any atom is 0.133 e. The van der Waals surface area contributed by atoms with Gasteiger partial charge in [0, 0.05) is 19.6 Å². The Balaban J connectivity index is 1.66. The standard InChI is InChI=1S/C29H33NO2P2/c1-22(30(2)3)25-18-19-26(29(25)34(27-16-10-20-31-27)28-17-11-21-32-28)33(23-12-6-4-7-13-23)24-14-8-5-9-15-24/h4-17,20-22,25-26,29H,18-19H2,1-3H3/t22-,25?,26?,29?/m1/s1. The van der Waals surface area contributed by atoms with E-state index >= 15 is 0 Å². The topological polar surface area (TPSA) is 29.5 Å². The summed E-state index contributed by atoms with van der Waals surface area (Å²) in [5.41, 5.74) is 3.17. The van der Waals surface area contributed by atoms with Crippen molar-refractivity contribution >= 4 is 37.5 Å². The van der Waals surface area contributed by atoms with Crippen molar-refractivity contribution in [3.8, 4) is 0 Å². The molecule has 5 heteroatoms. The van der Waals surface area contributed by atoms with E-state index in [-0.39, 0.29) is 0 Å². The molecule has 4 aromatic rings. The second kappa shape index (κ2) is 10.6. The molecule has 4 atom stereocenters. The minimum Gasteiger partial charge on any atom is -0.464 e. The van der Waals surface area contributed by atoms with Crippen LogP contribution in [0, 0.1) is 5.92 Å². The van der Waals surface area contributed by atoms with E-state index in [0.717, 1.165) is 11.0 Å². The van der Waals surface area contributed by atoms with Gasteiger partial charge in [0.05, 0.1) is 12.5 Å². The van der Waals surface area contributed by atoms with Crippen molar-refractivity contribution in [1.82, 2.24) is 4.90 Å². The molecule has 1 fully saturated rings. The molecular formula is C29H33NO2P2. The molecule has 3 unspecified atom stereocenters. The molecule has 2 aromatic heterocycles. The van der Waals surface area contributed by atoms with Gasteiger partial charge in [0.1, 0.15) is 11.0 Å². The quantitative estimate of drug-likeness (QED) is 0.305. The summed E-state index contributed by atoms with van der Waals surface area (Å²) < 4.78 is 12.2. The summed E-state index contributed by atoms with van der Waals surface area (Å²) in [6, 6.07) is 31.2. The van der Waals surface area contributed by atoms with E-state index in [1.165, 1.54) is 23.5 Å². The van der Waals surface area contributed by atoms with Gasteiger partial charge in [0.25, 0.3) is 0 Å². The Morgan fingerprint density at radius 1 is 0.706 bits per heavy atom. The monoisotopic (exact) mass is 489 g/mol. The summed E-state index contributed by atoms with van der Waals surface area (Å²) in [4.78, 5) is 2.39. The molecule has 176 valence electrons. The van der Waals surface area contributed by atoms with Crippen LogP contribution in [0.25, 0.3) is 0 Å². The number of benzene rings is 2. The first kappa shape index (κ1) is 23.6. The van der Waals surface area contributed by atoms with Crippen molar-refractivity contribution in [3.63, 3.8) is 0 Å². The molecule has 0 N–H and O–H groups in total. The molecule has 0 saturated heterocycles. The number of furan rings is 2. The first-order chi connectivity index (χ1) is 16.6. The van der Waals surface area contributed by atoms with Gasteiger partial charge in [-0.25, -0.2) is 0 Å². The maximum atomic E-state index is 6.12. The van der Waals surface area contributed by atoms with E-state index < -0.39 is 15.8 Å². The second-order valence-corrected chi connectivity index (χ2v) is 14.0. The highest BCUT2D eigenvalue weighted by Gasteiger charge is 2.49. The molecule has 2 heterocycles. The summed E-state index contributed by atoms with van der Waals surface area (Å²) in [5.74, 6) is 0.568. The number of hydrogen-bond acceptors (Lipinski definition) is 3. The van der Waals surface area contributed by atoms with Crippen LogP contribution in [0.1, 0.15) is 19.8 Å². The smallest absolute Gasteiger partial charge is 0.133 e. The van der Waals surface area contributed by atoms with Crippen molar-refractivity contribution in [2.24, 2.45) is 5.92 Å². The number of nitrogens with zero attached hydrogens (tertiary/aromatic N) is 1. The third-order valence-electron chi connectivity index (χ3n) is 7.25. The van der Waals surface area contributed by atoms with Crippen LogP contribution in [0.3, 0.4) is 0 Å². The highest BCUT2D eigenvalue weighted by Crippen LogP contribution is 2.60. The second-order valence-electron chi connectivity index (χ2n) is 9.32. The van der Waals surface area contributed by atoms with E-state index in [1.54, 1.807) is 0 Å². The lowest BCUT2D eigenvalue weighted by Crippen LogP contribution is -2.42. The van der Waals surface area contributed by atoms with Crippen molar-refractivity contribution in [1.29, 1.82) is 0 Å². The van der Waals surface area contributed by atoms with Crippen molar-refractivity contribution in [2.45, 2.75) is 37.1 Å².